The first-order valence-corrected chi connectivity index (χ1v) is 2.73. The summed E-state index contributed by atoms with van der Waals surface area (Å²) in [4.78, 5) is 10.5. The van der Waals surface area contributed by atoms with Gasteiger partial charge in [0, 0.05) is 5.57 Å². The van der Waals surface area contributed by atoms with Crippen LogP contribution in [0.1, 0.15) is 6.92 Å². The summed E-state index contributed by atoms with van der Waals surface area (Å²) in [5.74, 6) is -0.281. The molecule has 0 aromatic carbocycles. The van der Waals surface area contributed by atoms with E-state index in [1.165, 1.54) is 0 Å². The van der Waals surface area contributed by atoms with Gasteiger partial charge in [0.2, 0.25) is 0 Å². The Morgan fingerprint density at radius 1 is 1.62 bits per heavy atom. The minimum Gasteiger partial charge on any atom is -0.268 e. The maximum absolute atomic E-state index is 10.5. The van der Waals surface area contributed by atoms with E-state index in [0.717, 1.165) is 3.71 Å². The van der Waals surface area contributed by atoms with Crippen molar-refractivity contribution in [1.29, 1.82) is 0 Å². The SMILES string of the molecule is C=C(C)C(=O)N(S)S. The largest absolute Gasteiger partial charge is 0.268 e. The number of amides is 1. The first-order chi connectivity index (χ1) is 3.55. The fourth-order valence-electron chi connectivity index (χ4n) is 0.171. The predicted octanol–water partition coefficient (Wildman–Crippen LogP) is 1.08. The molecule has 0 aromatic rings. The summed E-state index contributed by atoms with van der Waals surface area (Å²) in [6, 6.07) is 0. The Labute approximate surface area is 59.6 Å². The van der Waals surface area contributed by atoms with Crippen molar-refractivity contribution in [2.24, 2.45) is 0 Å². The fraction of sp³-hybridized carbons (Fsp3) is 0.250. The molecule has 0 bridgehead atoms. The lowest BCUT2D eigenvalue weighted by Gasteiger charge is -2.04. The quantitative estimate of drug-likeness (QED) is 0.422. The first-order valence-electron chi connectivity index (χ1n) is 1.93. The molecule has 0 heterocycles. The third-order valence-electron chi connectivity index (χ3n) is 0.547. The highest BCUT2D eigenvalue weighted by Gasteiger charge is 2.03. The standard InChI is InChI=1S/C4H7NOS2/c1-3(2)4(6)5(7)8/h7-8H,1H2,2H3. The Bertz CT molecular complexity index is 121. The topological polar surface area (TPSA) is 20.3 Å². The Kier molecular flexibility index (Phi) is 3.01. The zero-order valence-electron chi connectivity index (χ0n) is 4.46. The molecule has 0 fully saturated rings. The maximum Gasteiger partial charge on any atom is 0.268 e. The van der Waals surface area contributed by atoms with Crippen LogP contribution < -0.4 is 0 Å². The smallest absolute Gasteiger partial charge is 0.268 e. The minimum absolute atomic E-state index is 0.281. The third-order valence-corrected chi connectivity index (χ3v) is 0.910. The lowest BCUT2D eigenvalue weighted by molar-refractivity contribution is -0.118. The highest BCUT2D eigenvalue weighted by atomic mass is 32.2. The Balaban J connectivity index is 3.84. The van der Waals surface area contributed by atoms with Gasteiger partial charge in [0.15, 0.2) is 0 Å². The maximum atomic E-state index is 10.5. The summed E-state index contributed by atoms with van der Waals surface area (Å²) in [6.07, 6.45) is 0. The summed E-state index contributed by atoms with van der Waals surface area (Å²) in [5, 5.41) is 0. The fourth-order valence-corrected chi connectivity index (χ4v) is 0.512. The molecule has 0 aliphatic carbocycles. The molecule has 1 amide bonds. The van der Waals surface area contributed by atoms with Crippen molar-refractivity contribution in [3.8, 4) is 0 Å². The molecule has 0 saturated carbocycles. The summed E-state index contributed by atoms with van der Waals surface area (Å²) in [6.45, 7) is 4.99. The molecular formula is C4H7NOS2. The average Bonchev–Trinajstić information content (AvgIpc) is 1.64. The monoisotopic (exact) mass is 149 g/mol. The molecule has 0 atom stereocenters. The highest BCUT2D eigenvalue weighted by molar-refractivity contribution is 7.94. The van der Waals surface area contributed by atoms with Gasteiger partial charge in [-0.2, -0.15) is 0 Å². The van der Waals surface area contributed by atoms with Gasteiger partial charge in [-0.05, 0) is 6.92 Å². The highest BCUT2D eigenvalue weighted by Crippen LogP contribution is 2.03. The summed E-state index contributed by atoms with van der Waals surface area (Å²) < 4.78 is 0.891. The van der Waals surface area contributed by atoms with Gasteiger partial charge >= 0.3 is 0 Å². The van der Waals surface area contributed by atoms with E-state index in [4.69, 9.17) is 0 Å². The molecule has 0 rings (SSSR count). The van der Waals surface area contributed by atoms with Crippen LogP contribution in [0.15, 0.2) is 12.2 Å². The second kappa shape index (κ2) is 3.04. The van der Waals surface area contributed by atoms with E-state index in [2.05, 4.69) is 32.2 Å². The third kappa shape index (κ3) is 2.28. The van der Waals surface area contributed by atoms with Crippen LogP contribution in [0.4, 0.5) is 0 Å². The van der Waals surface area contributed by atoms with Crippen LogP contribution in [0, 0.1) is 0 Å². The van der Waals surface area contributed by atoms with Crippen LogP contribution in [-0.4, -0.2) is 9.62 Å². The van der Waals surface area contributed by atoms with Crippen molar-refractivity contribution in [2.75, 3.05) is 0 Å². The average molecular weight is 149 g/mol. The Hall–Kier alpha value is -0.0900. The molecule has 8 heavy (non-hydrogen) atoms. The van der Waals surface area contributed by atoms with Crippen molar-refractivity contribution in [3.63, 3.8) is 0 Å². The molecule has 0 spiro atoms. The number of thiol groups is 2. The van der Waals surface area contributed by atoms with E-state index in [1.807, 2.05) is 0 Å². The van der Waals surface area contributed by atoms with Gasteiger partial charge < -0.3 is 0 Å². The van der Waals surface area contributed by atoms with E-state index >= 15 is 0 Å². The van der Waals surface area contributed by atoms with E-state index in [1.54, 1.807) is 6.92 Å². The number of rotatable bonds is 1. The first kappa shape index (κ1) is 7.91. The molecule has 2 nitrogen and oxygen atoms in total. The number of hydrogen-bond donors (Lipinski definition) is 2. The van der Waals surface area contributed by atoms with Gasteiger partial charge in [-0.15, -0.1) is 0 Å². The molecule has 0 aliphatic rings. The number of nitrogens with zero attached hydrogens (tertiary/aromatic N) is 1. The lowest BCUT2D eigenvalue weighted by atomic mass is 10.3. The van der Waals surface area contributed by atoms with Crippen molar-refractivity contribution in [3.05, 3.63) is 12.2 Å². The van der Waals surface area contributed by atoms with Gasteiger partial charge in [0.1, 0.15) is 0 Å². The van der Waals surface area contributed by atoms with Crippen LogP contribution in [0.3, 0.4) is 0 Å². The molecule has 0 saturated heterocycles. The molecule has 4 heteroatoms. The molecule has 0 N–H and O–H groups in total. The van der Waals surface area contributed by atoms with E-state index in [0.29, 0.717) is 5.57 Å². The summed E-state index contributed by atoms with van der Waals surface area (Å²) in [7, 11) is 0. The van der Waals surface area contributed by atoms with Crippen LogP contribution in [0.5, 0.6) is 0 Å². The van der Waals surface area contributed by atoms with Crippen LogP contribution >= 0.6 is 25.6 Å². The van der Waals surface area contributed by atoms with E-state index < -0.39 is 0 Å². The molecule has 0 aliphatic heterocycles. The lowest BCUT2D eigenvalue weighted by Crippen LogP contribution is -2.10. The predicted molar refractivity (Wildman–Crippen MR) is 39.6 cm³/mol. The summed E-state index contributed by atoms with van der Waals surface area (Å²) in [5.41, 5.74) is 0.426. The van der Waals surface area contributed by atoms with E-state index in [9.17, 15) is 4.79 Å². The van der Waals surface area contributed by atoms with E-state index in [-0.39, 0.29) is 5.91 Å². The minimum atomic E-state index is -0.281. The zero-order chi connectivity index (χ0) is 6.73. The van der Waals surface area contributed by atoms with Gasteiger partial charge in [-0.1, -0.05) is 32.2 Å². The Morgan fingerprint density at radius 3 is 2.00 bits per heavy atom. The number of carbonyl (C=O) groups is 1. The zero-order valence-corrected chi connectivity index (χ0v) is 6.25. The van der Waals surface area contributed by atoms with Gasteiger partial charge in [-0.25, -0.2) is 3.71 Å². The van der Waals surface area contributed by atoms with Crippen LogP contribution in [-0.2, 0) is 4.79 Å². The van der Waals surface area contributed by atoms with Gasteiger partial charge in [0.05, 0.1) is 0 Å². The van der Waals surface area contributed by atoms with Crippen molar-refractivity contribution in [1.82, 2.24) is 3.71 Å². The normalized spacial score (nSPS) is 8.38. The molecule has 0 radical (unpaired) electrons. The van der Waals surface area contributed by atoms with Crippen molar-refractivity contribution < 1.29 is 4.79 Å². The molecule has 0 unspecified atom stereocenters. The van der Waals surface area contributed by atoms with Crippen LogP contribution in [0.25, 0.3) is 0 Å². The van der Waals surface area contributed by atoms with Gasteiger partial charge in [0.25, 0.3) is 5.91 Å². The molecule has 46 valence electrons. The van der Waals surface area contributed by atoms with Gasteiger partial charge in [-0.3, -0.25) is 4.79 Å². The molecular weight excluding hydrogens is 142 g/mol. The van der Waals surface area contributed by atoms with Crippen molar-refractivity contribution >= 4 is 31.5 Å². The second-order valence-electron chi connectivity index (χ2n) is 1.37. The number of hydrogen-bond acceptors (Lipinski definition) is 3. The number of carbonyl (C=O) groups excluding carboxylic acids is 1. The second-order valence-corrected chi connectivity index (χ2v) is 2.49. The van der Waals surface area contributed by atoms with Crippen molar-refractivity contribution in [2.45, 2.75) is 6.92 Å². The molecule has 0 aromatic heterocycles. The summed E-state index contributed by atoms with van der Waals surface area (Å²) >= 11 is 7.24. The Morgan fingerprint density at radius 2 is 2.00 bits per heavy atom. The van der Waals surface area contributed by atoms with Crippen LogP contribution in [0.2, 0.25) is 0 Å².